The molecule has 0 bridgehead atoms. The van der Waals surface area contributed by atoms with Crippen molar-refractivity contribution in [1.82, 2.24) is 0 Å². The fourth-order valence-electron chi connectivity index (χ4n) is 0.0152. The van der Waals surface area contributed by atoms with Crippen LogP contribution in [-0.4, -0.2) is 0 Å². The highest BCUT2D eigenvalue weighted by Crippen LogP contribution is 2.04. The molecule has 0 rings (SSSR count). The maximum absolute atomic E-state index is 9.13. The number of rotatable bonds is 2. The molecular weight excluding hydrogens is 110 g/mol. The summed E-state index contributed by atoms with van der Waals surface area (Å²) in [5.74, 6) is 0. The molecule has 0 aromatic rings. The molecule has 0 radical (unpaired) electrons. The van der Waals surface area contributed by atoms with Crippen LogP contribution in [0.2, 0.25) is 0 Å². The van der Waals surface area contributed by atoms with Gasteiger partial charge in [0.05, 0.1) is 0 Å². The molecule has 1 atom stereocenters. The van der Waals surface area contributed by atoms with E-state index in [4.69, 9.17) is 9.13 Å². The van der Waals surface area contributed by atoms with E-state index in [1.54, 1.807) is 0 Å². The van der Waals surface area contributed by atoms with Crippen LogP contribution < -0.4 is 0 Å². The number of hydrogen-bond donors (Lipinski definition) is 0. The van der Waals surface area contributed by atoms with E-state index in [2.05, 4.69) is 4.31 Å². The summed E-state index contributed by atoms with van der Waals surface area (Å²) in [4.78, 5) is 0. The average molecular weight is 111 g/mol. The topological polar surface area (TPSA) is 43.4 Å². The summed E-state index contributed by atoms with van der Waals surface area (Å²) in [5, 5.41) is 0. The molecule has 5 heteroatoms. The van der Waals surface area contributed by atoms with Crippen molar-refractivity contribution in [2.24, 2.45) is 0 Å². The minimum Gasteiger partial charge on any atom is -0.236 e. The molecule has 0 fully saturated rings. The number of hydrogen-bond acceptors (Lipinski definition) is 3. The molecule has 0 aliphatic carbocycles. The van der Waals surface area contributed by atoms with Crippen LogP contribution in [0.1, 0.15) is 0 Å². The first-order valence-electron chi connectivity index (χ1n) is 0.773. The highest BCUT2D eigenvalue weighted by atomic mass is 31.1. The van der Waals surface area contributed by atoms with Crippen molar-refractivity contribution in [1.29, 1.82) is 0 Å². The van der Waals surface area contributed by atoms with E-state index in [0.29, 0.717) is 0 Å². The molecule has 1 unspecified atom stereocenters. The Morgan fingerprint density at radius 1 is 1.80 bits per heavy atom. The lowest BCUT2D eigenvalue weighted by Gasteiger charge is -1.41. The van der Waals surface area contributed by atoms with Crippen molar-refractivity contribution in [3.8, 4) is 0 Å². The molecule has 0 spiro atoms. The summed E-state index contributed by atoms with van der Waals surface area (Å²) >= 11 is 0. The van der Waals surface area contributed by atoms with Crippen LogP contribution in [0.5, 0.6) is 0 Å². The molecule has 28 valence electrons. The average Bonchev–Trinajstić information content (AvgIpc) is 1.41. The fourth-order valence-corrected chi connectivity index (χ4v) is 0.137. The Labute approximate surface area is 31.9 Å². The van der Waals surface area contributed by atoms with E-state index in [1.165, 1.54) is 0 Å². The van der Waals surface area contributed by atoms with Crippen LogP contribution in [0, 0.1) is 0 Å². The Kier molecular flexibility index (Phi) is 4.29. The smallest absolute Gasteiger partial charge is 0.236 e. The lowest BCUT2D eigenvalue weighted by atomic mass is 15.8. The van der Waals surface area contributed by atoms with E-state index >= 15 is 0 Å². The standard InChI is InChI=1S/HO3P2/c1-4-3-5-2/h4H/q+1. The molecule has 5 heavy (non-hydrogen) atoms. The van der Waals surface area contributed by atoms with Gasteiger partial charge in [-0.05, 0) is 8.88 Å². The highest BCUT2D eigenvalue weighted by Gasteiger charge is 1.80. The van der Waals surface area contributed by atoms with Gasteiger partial charge in [0.25, 0.3) is 0 Å². The maximum Gasteiger partial charge on any atom is 0.506 e. The van der Waals surface area contributed by atoms with Gasteiger partial charge in [0.1, 0.15) is 0 Å². The molecule has 0 heterocycles. The molecular formula is HO3P2+. The molecule has 0 amide bonds. The van der Waals surface area contributed by atoms with Gasteiger partial charge in [-0.3, -0.25) is 0 Å². The second-order valence-corrected chi connectivity index (χ2v) is 1.30. The van der Waals surface area contributed by atoms with Gasteiger partial charge in [-0.2, -0.15) is 0 Å². The molecule has 0 aliphatic heterocycles. The Hall–Kier alpha value is 0.160. The summed E-state index contributed by atoms with van der Waals surface area (Å²) in [6.07, 6.45) is 0. The molecule has 0 aliphatic rings. The van der Waals surface area contributed by atoms with Gasteiger partial charge in [-0.15, -0.1) is 0 Å². The summed E-state index contributed by atoms with van der Waals surface area (Å²) in [6.45, 7) is 0. The van der Waals surface area contributed by atoms with E-state index < -0.39 is 17.4 Å². The molecule has 0 aromatic heterocycles. The molecule has 0 saturated carbocycles. The highest BCUT2D eigenvalue weighted by molar-refractivity contribution is 7.32. The van der Waals surface area contributed by atoms with E-state index in [-0.39, 0.29) is 0 Å². The van der Waals surface area contributed by atoms with Crippen LogP contribution in [0.15, 0.2) is 0 Å². The summed E-state index contributed by atoms with van der Waals surface area (Å²) in [5.41, 5.74) is 0. The van der Waals surface area contributed by atoms with E-state index in [0.717, 1.165) is 0 Å². The van der Waals surface area contributed by atoms with Gasteiger partial charge < -0.3 is 0 Å². The zero-order valence-electron chi connectivity index (χ0n) is 2.17. The Morgan fingerprint density at radius 3 is 2.40 bits per heavy atom. The first-order valence-corrected chi connectivity index (χ1v) is 2.32. The van der Waals surface area contributed by atoms with Gasteiger partial charge >= 0.3 is 17.4 Å². The maximum atomic E-state index is 9.13. The predicted octanol–water partition coefficient (Wildman–Crippen LogP) is 1.15. The predicted molar refractivity (Wildman–Crippen MR) is 17.7 cm³/mol. The van der Waals surface area contributed by atoms with Crippen LogP contribution in [-0.2, 0) is 13.4 Å². The zero-order chi connectivity index (χ0) is 4.12. The van der Waals surface area contributed by atoms with Crippen molar-refractivity contribution >= 4 is 17.4 Å². The lowest BCUT2D eigenvalue weighted by Crippen LogP contribution is -1.26. The van der Waals surface area contributed by atoms with Crippen LogP contribution in [0.3, 0.4) is 0 Å². The van der Waals surface area contributed by atoms with Gasteiger partial charge in [-0.1, -0.05) is 0 Å². The molecule has 0 N–H and O–H groups in total. The second-order valence-electron chi connectivity index (χ2n) is 0.249. The SMILES string of the molecule is O=PO[PH+]=O. The lowest BCUT2D eigenvalue weighted by molar-refractivity contribution is 0.516. The second kappa shape index (κ2) is 4.16. The Morgan fingerprint density at radius 2 is 2.40 bits per heavy atom. The third-order valence-electron chi connectivity index (χ3n) is 0.0745. The summed E-state index contributed by atoms with van der Waals surface area (Å²) in [7, 11) is -1.44. The van der Waals surface area contributed by atoms with Gasteiger partial charge in [-0.25, -0.2) is 4.57 Å². The fraction of sp³-hybridized carbons (Fsp3) is 0. The normalized spacial score (nSPS) is 9.60. The molecule has 3 nitrogen and oxygen atoms in total. The van der Waals surface area contributed by atoms with Crippen LogP contribution in [0.25, 0.3) is 0 Å². The third-order valence-corrected chi connectivity index (χ3v) is 0.671. The first-order chi connectivity index (χ1) is 2.41. The van der Waals surface area contributed by atoms with Crippen molar-refractivity contribution in [3.63, 3.8) is 0 Å². The van der Waals surface area contributed by atoms with Gasteiger partial charge in [0, 0.05) is 0 Å². The molecule has 0 aromatic carbocycles. The Balaban J connectivity index is 2.65. The van der Waals surface area contributed by atoms with Gasteiger partial charge in [0.15, 0.2) is 0 Å². The third kappa shape index (κ3) is 4.16. The quantitative estimate of drug-likeness (QED) is 0.502. The summed E-state index contributed by atoms with van der Waals surface area (Å²) in [6, 6.07) is 0. The van der Waals surface area contributed by atoms with Crippen molar-refractivity contribution in [2.75, 3.05) is 0 Å². The minimum atomic E-state index is -0.917. The largest absolute Gasteiger partial charge is 0.506 e. The van der Waals surface area contributed by atoms with Gasteiger partial charge in [0.2, 0.25) is 0 Å². The zero-order valence-corrected chi connectivity index (χ0v) is 4.07. The Bertz CT molecular complexity index is 34.2. The minimum absolute atomic E-state index is 0.520. The van der Waals surface area contributed by atoms with E-state index in [9.17, 15) is 0 Å². The first kappa shape index (κ1) is 5.16. The van der Waals surface area contributed by atoms with Crippen molar-refractivity contribution in [2.45, 2.75) is 0 Å². The van der Waals surface area contributed by atoms with Crippen molar-refractivity contribution in [3.05, 3.63) is 0 Å². The molecule has 0 saturated heterocycles. The van der Waals surface area contributed by atoms with Crippen LogP contribution >= 0.6 is 17.4 Å². The monoisotopic (exact) mass is 111 g/mol. The van der Waals surface area contributed by atoms with E-state index in [1.807, 2.05) is 0 Å². The van der Waals surface area contributed by atoms with Crippen molar-refractivity contribution < 1.29 is 13.4 Å². The van der Waals surface area contributed by atoms with Crippen LogP contribution in [0.4, 0.5) is 0 Å². The summed E-state index contributed by atoms with van der Waals surface area (Å²) < 4.78 is 21.9.